The molecule has 0 spiro atoms. The van der Waals surface area contributed by atoms with Crippen molar-refractivity contribution in [2.24, 2.45) is 0 Å². The van der Waals surface area contributed by atoms with Gasteiger partial charge in [-0.1, -0.05) is 18.5 Å². The van der Waals surface area contributed by atoms with Gasteiger partial charge >= 0.3 is 0 Å². The predicted molar refractivity (Wildman–Crippen MR) is 60.9 cm³/mol. The number of hydrogen-bond donors (Lipinski definition) is 2. The van der Waals surface area contributed by atoms with E-state index in [0.29, 0.717) is 5.02 Å². The third kappa shape index (κ3) is 4.44. The predicted octanol–water partition coefficient (Wildman–Crippen LogP) is 2.15. The fourth-order valence-electron chi connectivity index (χ4n) is 1.06. The first-order valence-electron chi connectivity index (χ1n) is 4.89. The van der Waals surface area contributed by atoms with Gasteiger partial charge in [-0.2, -0.15) is 0 Å². The zero-order chi connectivity index (χ0) is 10.2. The summed E-state index contributed by atoms with van der Waals surface area (Å²) in [6.07, 6.45) is 2.81. The summed E-state index contributed by atoms with van der Waals surface area (Å²) in [5, 5.41) is 7.17. The molecule has 14 heavy (non-hydrogen) atoms. The summed E-state index contributed by atoms with van der Waals surface area (Å²) in [5.74, 6) is 0.868. The lowest BCUT2D eigenvalue weighted by Crippen LogP contribution is -2.22. The summed E-state index contributed by atoms with van der Waals surface area (Å²) in [4.78, 5) is 4.13. The summed E-state index contributed by atoms with van der Waals surface area (Å²) in [6, 6.07) is 3.71. The number of anilines is 1. The fourth-order valence-corrected chi connectivity index (χ4v) is 1.17. The molecule has 0 saturated carbocycles. The Morgan fingerprint density at radius 1 is 1.29 bits per heavy atom. The summed E-state index contributed by atoms with van der Waals surface area (Å²) < 4.78 is 0. The van der Waals surface area contributed by atoms with Crippen molar-refractivity contribution in [3.8, 4) is 0 Å². The number of nitrogens with zero attached hydrogens (tertiary/aromatic N) is 1. The highest BCUT2D eigenvalue weighted by molar-refractivity contribution is 6.30. The molecule has 0 saturated heterocycles. The van der Waals surface area contributed by atoms with Crippen LogP contribution >= 0.6 is 11.6 Å². The van der Waals surface area contributed by atoms with Crippen LogP contribution in [0.2, 0.25) is 5.02 Å². The van der Waals surface area contributed by atoms with E-state index in [1.54, 1.807) is 6.20 Å². The Hall–Kier alpha value is -0.800. The van der Waals surface area contributed by atoms with Crippen LogP contribution in [0.15, 0.2) is 18.3 Å². The van der Waals surface area contributed by atoms with E-state index in [1.807, 2.05) is 12.1 Å². The Balaban J connectivity index is 2.15. The molecule has 4 heteroatoms. The molecule has 1 aromatic heterocycles. The molecule has 0 fully saturated rings. The molecular formula is C10H16ClN3. The van der Waals surface area contributed by atoms with Gasteiger partial charge in [-0.05, 0) is 25.1 Å². The van der Waals surface area contributed by atoms with Crippen molar-refractivity contribution >= 4 is 17.4 Å². The molecule has 0 aliphatic rings. The standard InChI is InChI=1S/C10H16ClN3/c1-2-5-12-6-7-13-10-4-3-9(11)8-14-10/h3-4,8,12H,2,5-7H2,1H3,(H,13,14). The van der Waals surface area contributed by atoms with E-state index in [9.17, 15) is 0 Å². The van der Waals surface area contributed by atoms with E-state index >= 15 is 0 Å². The Morgan fingerprint density at radius 2 is 2.14 bits per heavy atom. The van der Waals surface area contributed by atoms with Crippen LogP contribution < -0.4 is 10.6 Å². The normalized spacial score (nSPS) is 10.1. The molecule has 0 aliphatic heterocycles. The summed E-state index contributed by atoms with van der Waals surface area (Å²) in [6.45, 7) is 5.06. The lowest BCUT2D eigenvalue weighted by molar-refractivity contribution is 0.687. The largest absolute Gasteiger partial charge is 0.369 e. The van der Waals surface area contributed by atoms with Gasteiger partial charge in [0.05, 0.1) is 5.02 Å². The average Bonchev–Trinajstić information content (AvgIpc) is 2.21. The average molecular weight is 214 g/mol. The highest BCUT2D eigenvalue weighted by Gasteiger charge is 1.92. The zero-order valence-electron chi connectivity index (χ0n) is 8.39. The lowest BCUT2D eigenvalue weighted by Gasteiger charge is -2.05. The molecule has 78 valence electrons. The molecule has 0 bridgehead atoms. The smallest absolute Gasteiger partial charge is 0.126 e. The van der Waals surface area contributed by atoms with E-state index < -0.39 is 0 Å². The molecule has 0 atom stereocenters. The minimum absolute atomic E-state index is 0.666. The second-order valence-electron chi connectivity index (χ2n) is 3.04. The Morgan fingerprint density at radius 3 is 2.79 bits per heavy atom. The van der Waals surface area contributed by atoms with Gasteiger partial charge in [0.2, 0.25) is 0 Å². The second kappa shape index (κ2) is 6.62. The summed E-state index contributed by atoms with van der Waals surface area (Å²) >= 11 is 5.71. The van der Waals surface area contributed by atoms with Gasteiger partial charge in [0, 0.05) is 19.3 Å². The maximum absolute atomic E-state index is 5.71. The van der Waals surface area contributed by atoms with Crippen molar-refractivity contribution in [2.45, 2.75) is 13.3 Å². The molecule has 2 N–H and O–H groups in total. The van der Waals surface area contributed by atoms with Crippen molar-refractivity contribution < 1.29 is 0 Å². The highest BCUT2D eigenvalue weighted by Crippen LogP contribution is 2.08. The summed E-state index contributed by atoms with van der Waals surface area (Å²) in [5.41, 5.74) is 0. The molecule has 0 aliphatic carbocycles. The highest BCUT2D eigenvalue weighted by atomic mass is 35.5. The van der Waals surface area contributed by atoms with Crippen LogP contribution in [0.4, 0.5) is 5.82 Å². The SMILES string of the molecule is CCCNCCNc1ccc(Cl)cn1. The molecule has 1 rings (SSSR count). The number of pyridine rings is 1. The van der Waals surface area contributed by atoms with E-state index in [1.165, 1.54) is 6.42 Å². The van der Waals surface area contributed by atoms with Crippen molar-refractivity contribution in [3.63, 3.8) is 0 Å². The van der Waals surface area contributed by atoms with Crippen LogP contribution in [0.25, 0.3) is 0 Å². The van der Waals surface area contributed by atoms with E-state index in [0.717, 1.165) is 25.5 Å². The molecule has 1 aromatic rings. The second-order valence-corrected chi connectivity index (χ2v) is 3.47. The molecular weight excluding hydrogens is 198 g/mol. The van der Waals surface area contributed by atoms with Gasteiger partial charge in [0.15, 0.2) is 0 Å². The zero-order valence-corrected chi connectivity index (χ0v) is 9.14. The van der Waals surface area contributed by atoms with Gasteiger partial charge in [-0.25, -0.2) is 4.98 Å². The van der Waals surface area contributed by atoms with Crippen LogP contribution in [0.3, 0.4) is 0 Å². The van der Waals surface area contributed by atoms with Crippen LogP contribution in [0, 0.1) is 0 Å². The maximum Gasteiger partial charge on any atom is 0.126 e. The monoisotopic (exact) mass is 213 g/mol. The van der Waals surface area contributed by atoms with E-state index in [4.69, 9.17) is 11.6 Å². The Bertz CT molecular complexity index is 248. The fraction of sp³-hybridized carbons (Fsp3) is 0.500. The minimum atomic E-state index is 0.666. The first kappa shape index (κ1) is 11.3. The summed E-state index contributed by atoms with van der Waals surface area (Å²) in [7, 11) is 0. The number of hydrogen-bond acceptors (Lipinski definition) is 3. The van der Waals surface area contributed by atoms with E-state index in [2.05, 4.69) is 22.5 Å². The topological polar surface area (TPSA) is 37.0 Å². The molecule has 0 radical (unpaired) electrons. The number of aromatic nitrogens is 1. The number of nitrogens with one attached hydrogen (secondary N) is 2. The molecule has 0 amide bonds. The quantitative estimate of drug-likeness (QED) is 0.711. The van der Waals surface area contributed by atoms with Crippen molar-refractivity contribution in [1.29, 1.82) is 0 Å². The van der Waals surface area contributed by atoms with Crippen LogP contribution in [-0.2, 0) is 0 Å². The first-order chi connectivity index (χ1) is 6.83. The Labute approximate surface area is 89.9 Å². The van der Waals surface area contributed by atoms with E-state index in [-0.39, 0.29) is 0 Å². The third-order valence-corrected chi connectivity index (χ3v) is 1.99. The van der Waals surface area contributed by atoms with Gasteiger partial charge in [0.25, 0.3) is 0 Å². The molecule has 3 nitrogen and oxygen atoms in total. The van der Waals surface area contributed by atoms with Crippen LogP contribution in [0.5, 0.6) is 0 Å². The number of rotatable bonds is 6. The molecule has 1 heterocycles. The Kier molecular flexibility index (Phi) is 5.33. The minimum Gasteiger partial charge on any atom is -0.369 e. The molecule has 0 unspecified atom stereocenters. The number of halogens is 1. The van der Waals surface area contributed by atoms with Gasteiger partial charge in [0.1, 0.15) is 5.82 Å². The van der Waals surface area contributed by atoms with Gasteiger partial charge in [-0.15, -0.1) is 0 Å². The van der Waals surface area contributed by atoms with Gasteiger partial charge < -0.3 is 10.6 Å². The van der Waals surface area contributed by atoms with Crippen molar-refractivity contribution in [3.05, 3.63) is 23.4 Å². The van der Waals surface area contributed by atoms with Crippen LogP contribution in [-0.4, -0.2) is 24.6 Å². The maximum atomic E-state index is 5.71. The van der Waals surface area contributed by atoms with Crippen LogP contribution in [0.1, 0.15) is 13.3 Å². The van der Waals surface area contributed by atoms with Crippen molar-refractivity contribution in [1.82, 2.24) is 10.3 Å². The third-order valence-electron chi connectivity index (χ3n) is 1.76. The lowest BCUT2D eigenvalue weighted by atomic mass is 10.4. The first-order valence-corrected chi connectivity index (χ1v) is 5.27. The van der Waals surface area contributed by atoms with Gasteiger partial charge in [-0.3, -0.25) is 0 Å². The molecule has 0 aromatic carbocycles. The van der Waals surface area contributed by atoms with Crippen molar-refractivity contribution in [2.75, 3.05) is 25.0 Å².